The van der Waals surface area contributed by atoms with E-state index in [1.165, 1.54) is 0 Å². The first-order valence-corrected chi connectivity index (χ1v) is 9.33. The zero-order valence-corrected chi connectivity index (χ0v) is 15.6. The first-order valence-electron chi connectivity index (χ1n) is 9.33. The molecule has 5 atom stereocenters. The Morgan fingerprint density at radius 3 is 2.69 bits per heavy atom. The summed E-state index contributed by atoms with van der Waals surface area (Å²) in [6.07, 6.45) is 4.76. The van der Waals surface area contributed by atoms with E-state index in [4.69, 9.17) is 4.74 Å². The Bertz CT molecular complexity index is 669. The maximum Gasteiger partial charge on any atom is 0.336 e. The van der Waals surface area contributed by atoms with Crippen LogP contribution in [0.25, 0.3) is 0 Å². The normalized spacial score (nSPS) is 43.6. The molecule has 0 bridgehead atoms. The molecular weight excluding hydrogens is 334 g/mol. The van der Waals surface area contributed by atoms with Gasteiger partial charge in [0.2, 0.25) is 0 Å². The predicted molar refractivity (Wildman–Crippen MR) is 96.8 cm³/mol. The number of esters is 1. The van der Waals surface area contributed by atoms with Gasteiger partial charge in [0.1, 0.15) is 12.7 Å². The molecule has 0 unspecified atom stereocenters. The first kappa shape index (κ1) is 19.1. The SMILES string of the molecule is C=C1CC[C@H]2[C@@](C)(CC/C(=N/O)[C@@]2(C)CO)[C@@H]1C/C=C1/C(=O)OC[C@H]1O. The molecule has 6 heteroatoms. The van der Waals surface area contributed by atoms with Crippen molar-refractivity contribution in [3.8, 4) is 0 Å². The lowest BCUT2D eigenvalue weighted by molar-refractivity contribution is -0.135. The van der Waals surface area contributed by atoms with Crippen LogP contribution >= 0.6 is 0 Å². The number of oxime groups is 1. The lowest BCUT2D eigenvalue weighted by atomic mass is 9.46. The maximum atomic E-state index is 11.8. The average molecular weight is 363 g/mol. The summed E-state index contributed by atoms with van der Waals surface area (Å²) in [4.78, 5) is 11.8. The Kier molecular flexibility index (Phi) is 5.01. The fourth-order valence-electron chi connectivity index (χ4n) is 5.54. The molecule has 0 amide bonds. The number of aliphatic hydroxyl groups is 2. The van der Waals surface area contributed by atoms with Crippen LogP contribution in [0.15, 0.2) is 29.0 Å². The average Bonchev–Trinajstić information content (AvgIpc) is 2.93. The number of ether oxygens (including phenoxy) is 1. The van der Waals surface area contributed by atoms with Crippen LogP contribution in [0.5, 0.6) is 0 Å². The third-order valence-corrected chi connectivity index (χ3v) is 7.16. The van der Waals surface area contributed by atoms with Gasteiger partial charge in [-0.15, -0.1) is 0 Å². The summed E-state index contributed by atoms with van der Waals surface area (Å²) < 4.78 is 4.90. The summed E-state index contributed by atoms with van der Waals surface area (Å²) >= 11 is 0. The lowest BCUT2D eigenvalue weighted by Crippen LogP contribution is -2.55. The third kappa shape index (κ3) is 2.79. The Morgan fingerprint density at radius 2 is 2.12 bits per heavy atom. The quantitative estimate of drug-likeness (QED) is 0.235. The molecule has 0 aromatic heterocycles. The van der Waals surface area contributed by atoms with Crippen LogP contribution in [-0.4, -0.2) is 46.4 Å². The number of rotatable bonds is 3. The van der Waals surface area contributed by atoms with Gasteiger partial charge < -0.3 is 20.2 Å². The summed E-state index contributed by atoms with van der Waals surface area (Å²) in [5, 5.41) is 33.0. The number of cyclic esters (lactones) is 1. The van der Waals surface area contributed by atoms with Crippen LogP contribution in [-0.2, 0) is 9.53 Å². The number of nitrogens with zero attached hydrogens (tertiary/aromatic N) is 1. The highest BCUT2D eigenvalue weighted by atomic mass is 16.6. The van der Waals surface area contributed by atoms with E-state index in [9.17, 15) is 20.2 Å². The second-order valence-corrected chi connectivity index (χ2v) is 8.44. The Morgan fingerprint density at radius 1 is 1.38 bits per heavy atom. The minimum atomic E-state index is -0.856. The number of carbonyl (C=O) groups is 1. The molecule has 0 aromatic rings. The minimum Gasteiger partial charge on any atom is -0.459 e. The largest absolute Gasteiger partial charge is 0.459 e. The topological polar surface area (TPSA) is 99.4 Å². The molecule has 3 aliphatic rings. The molecule has 0 spiro atoms. The van der Waals surface area contributed by atoms with E-state index < -0.39 is 17.5 Å². The van der Waals surface area contributed by atoms with Crippen molar-refractivity contribution in [1.29, 1.82) is 0 Å². The molecule has 3 fully saturated rings. The molecule has 6 nitrogen and oxygen atoms in total. The summed E-state index contributed by atoms with van der Waals surface area (Å²) in [7, 11) is 0. The molecule has 26 heavy (non-hydrogen) atoms. The van der Waals surface area contributed by atoms with Gasteiger partial charge in [0.25, 0.3) is 0 Å². The van der Waals surface area contributed by atoms with E-state index in [-0.39, 0.29) is 30.5 Å². The molecule has 1 saturated heterocycles. The highest BCUT2D eigenvalue weighted by Gasteiger charge is 2.56. The summed E-state index contributed by atoms with van der Waals surface area (Å²) in [6, 6.07) is 0. The van der Waals surface area contributed by atoms with Crippen molar-refractivity contribution < 1.29 is 25.0 Å². The molecule has 1 heterocycles. The van der Waals surface area contributed by atoms with Gasteiger partial charge in [-0.3, -0.25) is 0 Å². The fraction of sp³-hybridized carbons (Fsp3) is 0.700. The van der Waals surface area contributed by atoms with E-state index in [2.05, 4.69) is 18.7 Å². The number of fused-ring (bicyclic) bond motifs is 1. The highest BCUT2D eigenvalue weighted by Crippen LogP contribution is 2.60. The van der Waals surface area contributed by atoms with Crippen molar-refractivity contribution in [2.24, 2.45) is 27.8 Å². The van der Waals surface area contributed by atoms with Gasteiger partial charge in [-0.05, 0) is 49.4 Å². The van der Waals surface area contributed by atoms with Crippen LogP contribution in [0, 0.1) is 22.7 Å². The Labute approximate surface area is 154 Å². The number of allylic oxidation sites excluding steroid dienone is 2. The molecule has 3 N–H and O–H groups in total. The minimum absolute atomic E-state index is 0.0229. The monoisotopic (exact) mass is 363 g/mol. The molecule has 144 valence electrons. The van der Waals surface area contributed by atoms with E-state index in [0.717, 1.165) is 24.8 Å². The first-order chi connectivity index (χ1) is 12.3. The summed E-state index contributed by atoms with van der Waals surface area (Å²) in [5.74, 6) is -0.145. The van der Waals surface area contributed by atoms with Gasteiger partial charge in [-0.1, -0.05) is 37.2 Å². The van der Waals surface area contributed by atoms with Gasteiger partial charge in [-0.2, -0.15) is 0 Å². The Balaban J connectivity index is 1.92. The molecule has 2 saturated carbocycles. The molecule has 0 aromatic carbocycles. The standard InChI is InChI=1S/C20H29NO5/c1-12-4-7-16-19(2,9-8-17(21-25)20(16,3)11-22)14(12)6-5-13-15(23)10-26-18(13)24/h5,14-16,22-23,25H,1,4,6-11H2,2-3H3/b13-5+,21-17-/t14-,15-,16+,19+,20+/m1/s1. The highest BCUT2D eigenvalue weighted by molar-refractivity contribution is 5.92. The number of hydrogen-bond donors (Lipinski definition) is 3. The molecule has 0 radical (unpaired) electrons. The van der Waals surface area contributed by atoms with Crippen molar-refractivity contribution >= 4 is 11.7 Å². The predicted octanol–water partition coefficient (Wildman–Crippen LogP) is 2.43. The van der Waals surface area contributed by atoms with Gasteiger partial charge in [0.05, 0.1) is 17.9 Å². The third-order valence-electron chi connectivity index (χ3n) is 7.16. The smallest absolute Gasteiger partial charge is 0.336 e. The molecular formula is C20H29NO5. The van der Waals surface area contributed by atoms with E-state index in [1.807, 2.05) is 6.92 Å². The number of carbonyl (C=O) groups excluding carboxylic acids is 1. The van der Waals surface area contributed by atoms with Gasteiger partial charge >= 0.3 is 5.97 Å². The lowest BCUT2D eigenvalue weighted by Gasteiger charge is -2.58. The van der Waals surface area contributed by atoms with E-state index in [1.54, 1.807) is 6.08 Å². The summed E-state index contributed by atoms with van der Waals surface area (Å²) in [6.45, 7) is 8.44. The van der Waals surface area contributed by atoms with Crippen molar-refractivity contribution in [1.82, 2.24) is 0 Å². The number of hydrogen-bond acceptors (Lipinski definition) is 6. The van der Waals surface area contributed by atoms with Crippen LogP contribution in [0.1, 0.15) is 46.0 Å². The van der Waals surface area contributed by atoms with Crippen molar-refractivity contribution in [3.63, 3.8) is 0 Å². The van der Waals surface area contributed by atoms with Crippen molar-refractivity contribution in [3.05, 3.63) is 23.8 Å². The fourth-order valence-corrected chi connectivity index (χ4v) is 5.54. The van der Waals surface area contributed by atoms with Crippen LogP contribution < -0.4 is 0 Å². The van der Waals surface area contributed by atoms with Gasteiger partial charge in [0, 0.05) is 5.41 Å². The van der Waals surface area contributed by atoms with Crippen LogP contribution in [0.4, 0.5) is 0 Å². The second-order valence-electron chi connectivity index (χ2n) is 8.44. The van der Waals surface area contributed by atoms with Crippen molar-refractivity contribution in [2.75, 3.05) is 13.2 Å². The van der Waals surface area contributed by atoms with E-state index in [0.29, 0.717) is 24.1 Å². The zero-order valence-electron chi connectivity index (χ0n) is 15.6. The number of aliphatic hydroxyl groups excluding tert-OH is 2. The molecule has 2 aliphatic carbocycles. The Hall–Kier alpha value is -1.66. The van der Waals surface area contributed by atoms with Gasteiger partial charge in [0.15, 0.2) is 0 Å². The van der Waals surface area contributed by atoms with E-state index >= 15 is 0 Å². The van der Waals surface area contributed by atoms with Crippen LogP contribution in [0.3, 0.4) is 0 Å². The van der Waals surface area contributed by atoms with Gasteiger partial charge in [-0.25, -0.2) is 4.79 Å². The maximum absolute atomic E-state index is 11.8. The zero-order chi connectivity index (χ0) is 19.1. The van der Waals surface area contributed by atoms with Crippen molar-refractivity contribution in [2.45, 2.75) is 52.1 Å². The molecule has 3 rings (SSSR count). The second kappa shape index (κ2) is 6.82. The molecule has 1 aliphatic heterocycles. The van der Waals surface area contributed by atoms with Crippen LogP contribution in [0.2, 0.25) is 0 Å². The summed E-state index contributed by atoms with van der Waals surface area (Å²) in [5.41, 5.74) is 1.47.